The Morgan fingerprint density at radius 3 is 2.88 bits per heavy atom. The molecule has 6 heteroatoms. The molecule has 1 aromatic carbocycles. The fourth-order valence-electron chi connectivity index (χ4n) is 1.21. The number of rotatable bonds is 3. The molecule has 2 rings (SSSR count). The Labute approximate surface area is 99.5 Å². The van der Waals surface area contributed by atoms with Gasteiger partial charge in [0.2, 0.25) is 12.1 Å². The van der Waals surface area contributed by atoms with Crippen LogP contribution in [0.4, 0.5) is 0 Å². The molecule has 16 heavy (non-hydrogen) atoms. The predicted molar refractivity (Wildman–Crippen MR) is 59.4 cm³/mol. The van der Waals surface area contributed by atoms with Crippen molar-refractivity contribution >= 4 is 22.2 Å². The van der Waals surface area contributed by atoms with Gasteiger partial charge >= 0.3 is 0 Å². The van der Waals surface area contributed by atoms with Crippen molar-refractivity contribution in [2.24, 2.45) is 0 Å². The van der Waals surface area contributed by atoms with Crippen molar-refractivity contribution in [1.29, 1.82) is 0 Å². The van der Waals surface area contributed by atoms with Crippen molar-refractivity contribution in [2.45, 2.75) is 0 Å². The predicted octanol–water partition coefficient (Wildman–Crippen LogP) is 2.32. The van der Waals surface area contributed by atoms with Gasteiger partial charge in [-0.2, -0.15) is 4.98 Å². The minimum Gasteiger partial charge on any atom is -0.496 e. The molecule has 0 N–H and O–H groups in total. The molecule has 5 nitrogen and oxygen atoms in total. The van der Waals surface area contributed by atoms with Gasteiger partial charge in [0.25, 0.3) is 5.89 Å². The molecule has 0 aliphatic rings. The average molecular weight is 283 g/mol. The van der Waals surface area contributed by atoms with Crippen molar-refractivity contribution in [3.63, 3.8) is 0 Å². The molecule has 0 spiro atoms. The number of carbonyl (C=O) groups is 1. The lowest BCUT2D eigenvalue weighted by atomic mass is 10.2. The topological polar surface area (TPSA) is 65.2 Å². The highest BCUT2D eigenvalue weighted by Crippen LogP contribution is 2.29. The summed E-state index contributed by atoms with van der Waals surface area (Å²) in [7, 11) is 1.58. The number of methoxy groups -OCH3 is 1. The van der Waals surface area contributed by atoms with E-state index in [1.165, 1.54) is 0 Å². The van der Waals surface area contributed by atoms with Gasteiger partial charge in [-0.05, 0) is 34.1 Å². The number of nitrogens with zero attached hydrogens (tertiary/aromatic N) is 2. The van der Waals surface area contributed by atoms with Gasteiger partial charge in [-0.3, -0.25) is 4.79 Å². The summed E-state index contributed by atoms with van der Waals surface area (Å²) in [4.78, 5) is 14.3. The van der Waals surface area contributed by atoms with E-state index in [0.29, 0.717) is 17.9 Å². The Bertz CT molecular complexity index is 525. The lowest BCUT2D eigenvalue weighted by molar-refractivity contribution is 0.108. The van der Waals surface area contributed by atoms with Crippen LogP contribution >= 0.6 is 15.9 Å². The van der Waals surface area contributed by atoms with Crippen LogP contribution in [0.1, 0.15) is 10.7 Å². The first kappa shape index (κ1) is 10.8. The largest absolute Gasteiger partial charge is 0.496 e. The van der Waals surface area contributed by atoms with Crippen LogP contribution in [0.15, 0.2) is 27.2 Å². The van der Waals surface area contributed by atoms with E-state index in [-0.39, 0.29) is 5.89 Å². The van der Waals surface area contributed by atoms with E-state index in [1.54, 1.807) is 25.3 Å². The molecule has 1 heterocycles. The SMILES string of the molecule is COc1ccc(-c2noc(C=O)n2)cc1Br. The summed E-state index contributed by atoms with van der Waals surface area (Å²) in [5, 5.41) is 3.67. The normalized spacial score (nSPS) is 10.1. The van der Waals surface area contributed by atoms with E-state index in [4.69, 9.17) is 4.74 Å². The van der Waals surface area contributed by atoms with E-state index >= 15 is 0 Å². The van der Waals surface area contributed by atoms with Crippen LogP contribution in [0.5, 0.6) is 5.75 Å². The van der Waals surface area contributed by atoms with Crippen molar-refractivity contribution in [3.05, 3.63) is 28.6 Å². The smallest absolute Gasteiger partial charge is 0.291 e. The summed E-state index contributed by atoms with van der Waals surface area (Å²) in [5.74, 6) is 1.04. The maximum absolute atomic E-state index is 10.4. The molecule has 0 saturated heterocycles. The number of hydrogen-bond acceptors (Lipinski definition) is 5. The Hall–Kier alpha value is -1.69. The Morgan fingerprint density at radius 1 is 1.50 bits per heavy atom. The van der Waals surface area contributed by atoms with E-state index in [2.05, 4.69) is 30.6 Å². The first-order valence-electron chi connectivity index (χ1n) is 4.37. The summed E-state index contributed by atoms with van der Waals surface area (Å²) < 4.78 is 10.6. The molecule has 0 aliphatic carbocycles. The van der Waals surface area contributed by atoms with Gasteiger partial charge in [0.05, 0.1) is 11.6 Å². The summed E-state index contributed by atoms with van der Waals surface area (Å²) in [6.45, 7) is 0. The van der Waals surface area contributed by atoms with Crippen LogP contribution < -0.4 is 4.74 Å². The quantitative estimate of drug-likeness (QED) is 0.809. The fraction of sp³-hybridized carbons (Fsp3) is 0.100. The third-order valence-corrected chi connectivity index (χ3v) is 2.57. The van der Waals surface area contributed by atoms with Crippen molar-refractivity contribution in [3.8, 4) is 17.1 Å². The Balaban J connectivity index is 2.40. The highest BCUT2D eigenvalue weighted by atomic mass is 79.9. The maximum Gasteiger partial charge on any atom is 0.291 e. The van der Waals surface area contributed by atoms with Gasteiger partial charge in [0, 0.05) is 5.56 Å². The van der Waals surface area contributed by atoms with Crippen molar-refractivity contribution in [1.82, 2.24) is 10.1 Å². The van der Waals surface area contributed by atoms with Gasteiger partial charge in [-0.15, -0.1) is 0 Å². The molecule has 0 atom stereocenters. The molecule has 0 saturated carbocycles. The standard InChI is InChI=1S/C10H7BrN2O3/c1-15-8-3-2-6(4-7(8)11)10-12-9(5-14)16-13-10/h2-5H,1H3. The highest BCUT2D eigenvalue weighted by molar-refractivity contribution is 9.10. The summed E-state index contributed by atoms with van der Waals surface area (Å²) in [5.41, 5.74) is 0.740. The van der Waals surface area contributed by atoms with Gasteiger partial charge in [-0.25, -0.2) is 0 Å². The van der Waals surface area contributed by atoms with Crippen LogP contribution in [-0.4, -0.2) is 23.5 Å². The van der Waals surface area contributed by atoms with Crippen molar-refractivity contribution in [2.75, 3.05) is 7.11 Å². The molecule has 1 aromatic heterocycles. The molecule has 0 unspecified atom stereocenters. The molecule has 0 bridgehead atoms. The molecular formula is C10H7BrN2O3. The minimum absolute atomic E-state index is 0.0399. The van der Waals surface area contributed by atoms with Crippen LogP contribution in [0.3, 0.4) is 0 Å². The summed E-state index contributed by atoms with van der Waals surface area (Å²) in [6, 6.07) is 5.34. The van der Waals surface area contributed by atoms with E-state index < -0.39 is 0 Å². The molecule has 2 aromatic rings. The zero-order valence-corrected chi connectivity index (χ0v) is 9.89. The Morgan fingerprint density at radius 2 is 2.31 bits per heavy atom. The number of benzene rings is 1. The van der Waals surface area contributed by atoms with E-state index in [1.807, 2.05) is 0 Å². The monoisotopic (exact) mass is 282 g/mol. The first-order chi connectivity index (χ1) is 7.74. The first-order valence-corrected chi connectivity index (χ1v) is 5.16. The van der Waals surface area contributed by atoms with Crippen molar-refractivity contribution < 1.29 is 14.1 Å². The lowest BCUT2D eigenvalue weighted by Crippen LogP contribution is -1.86. The van der Waals surface area contributed by atoms with Crippen LogP contribution in [0.25, 0.3) is 11.4 Å². The summed E-state index contributed by atoms with van der Waals surface area (Å²) in [6.07, 6.45) is 0.509. The molecule has 82 valence electrons. The van der Waals surface area contributed by atoms with Crippen LogP contribution in [0.2, 0.25) is 0 Å². The molecule has 0 radical (unpaired) electrons. The van der Waals surface area contributed by atoms with Gasteiger partial charge in [0.15, 0.2) is 0 Å². The number of carbonyl (C=O) groups excluding carboxylic acids is 1. The van der Waals surface area contributed by atoms with E-state index in [9.17, 15) is 4.79 Å². The number of ether oxygens (including phenoxy) is 1. The Kier molecular flexibility index (Phi) is 3.00. The highest BCUT2D eigenvalue weighted by Gasteiger charge is 2.09. The second-order valence-corrected chi connectivity index (χ2v) is 3.78. The zero-order valence-electron chi connectivity index (χ0n) is 8.31. The third kappa shape index (κ3) is 1.96. The third-order valence-electron chi connectivity index (χ3n) is 1.95. The molecule has 0 fully saturated rings. The van der Waals surface area contributed by atoms with Gasteiger partial charge in [0.1, 0.15) is 5.75 Å². The number of aromatic nitrogens is 2. The lowest BCUT2D eigenvalue weighted by Gasteiger charge is -2.03. The average Bonchev–Trinajstić information content (AvgIpc) is 2.77. The summed E-state index contributed by atoms with van der Waals surface area (Å²) >= 11 is 3.35. The zero-order chi connectivity index (χ0) is 11.5. The second kappa shape index (κ2) is 4.44. The van der Waals surface area contributed by atoms with Crippen LogP contribution in [0, 0.1) is 0 Å². The number of hydrogen-bond donors (Lipinski definition) is 0. The number of halogens is 1. The van der Waals surface area contributed by atoms with Crippen LogP contribution in [-0.2, 0) is 0 Å². The van der Waals surface area contributed by atoms with Gasteiger partial charge in [-0.1, -0.05) is 5.16 Å². The molecular weight excluding hydrogens is 276 g/mol. The molecule has 0 aliphatic heterocycles. The number of aldehydes is 1. The second-order valence-electron chi connectivity index (χ2n) is 2.92. The van der Waals surface area contributed by atoms with Gasteiger partial charge < -0.3 is 9.26 Å². The fourth-order valence-corrected chi connectivity index (χ4v) is 1.75. The maximum atomic E-state index is 10.4. The minimum atomic E-state index is -0.0399. The molecule has 0 amide bonds. The van der Waals surface area contributed by atoms with E-state index in [0.717, 1.165) is 10.0 Å².